The van der Waals surface area contributed by atoms with Crippen LogP contribution in [-0.2, 0) is 0 Å². The van der Waals surface area contributed by atoms with E-state index in [4.69, 9.17) is 0 Å². The summed E-state index contributed by atoms with van der Waals surface area (Å²) in [4.78, 5) is 0. The molecule has 2 aromatic rings. The van der Waals surface area contributed by atoms with Gasteiger partial charge in [0.1, 0.15) is 5.82 Å². The first-order chi connectivity index (χ1) is 5.38. The molecule has 0 bridgehead atoms. The summed E-state index contributed by atoms with van der Waals surface area (Å²) in [5.41, 5.74) is 0. The van der Waals surface area contributed by atoms with E-state index < -0.39 is 0 Å². The molecule has 0 spiro atoms. The van der Waals surface area contributed by atoms with Crippen molar-refractivity contribution in [2.45, 2.75) is 0 Å². The maximum absolute atomic E-state index is 13.0. The predicted octanol–water partition coefficient (Wildman–Crippen LogP) is 2.78. The third-order valence-electron chi connectivity index (χ3n) is 1.65. The summed E-state index contributed by atoms with van der Waals surface area (Å²) in [6, 6.07) is 13.3. The van der Waals surface area contributed by atoms with Crippen LogP contribution in [0.4, 0.5) is 4.39 Å². The lowest BCUT2D eigenvalue weighted by atomic mass is 10.1. The van der Waals surface area contributed by atoms with Crippen LogP contribution >= 0.6 is 0 Å². The Balaban J connectivity index is 2.91. The molecule has 0 aliphatic rings. The quantitative estimate of drug-likeness (QED) is 0.534. The molecule has 0 fully saturated rings. The third kappa shape index (κ3) is 0.984. The van der Waals surface area contributed by atoms with E-state index in [-0.39, 0.29) is 5.82 Å². The second kappa shape index (κ2) is 2.35. The molecule has 2 rings (SSSR count). The SMILES string of the molecule is Fc1cccc2[c]cccc12. The third-order valence-corrected chi connectivity index (χ3v) is 1.65. The zero-order valence-corrected chi connectivity index (χ0v) is 5.84. The van der Waals surface area contributed by atoms with Crippen LogP contribution in [0.3, 0.4) is 0 Å². The van der Waals surface area contributed by atoms with Gasteiger partial charge in [0.15, 0.2) is 0 Å². The maximum Gasteiger partial charge on any atom is 0.131 e. The highest BCUT2D eigenvalue weighted by Crippen LogP contribution is 2.15. The van der Waals surface area contributed by atoms with E-state index in [2.05, 4.69) is 6.07 Å². The molecule has 0 nitrogen and oxygen atoms in total. The minimum Gasteiger partial charge on any atom is -0.206 e. The van der Waals surface area contributed by atoms with Gasteiger partial charge in [-0.2, -0.15) is 0 Å². The summed E-state index contributed by atoms with van der Waals surface area (Å²) in [6.45, 7) is 0. The van der Waals surface area contributed by atoms with Crippen molar-refractivity contribution < 1.29 is 4.39 Å². The van der Waals surface area contributed by atoms with Crippen LogP contribution in [0, 0.1) is 11.9 Å². The molecule has 0 heterocycles. The number of halogens is 1. The molecule has 53 valence electrons. The van der Waals surface area contributed by atoms with Crippen molar-refractivity contribution in [3.05, 3.63) is 48.3 Å². The monoisotopic (exact) mass is 145 g/mol. The van der Waals surface area contributed by atoms with E-state index >= 15 is 0 Å². The second-order valence-electron chi connectivity index (χ2n) is 2.37. The van der Waals surface area contributed by atoms with Crippen LogP contribution in [0.2, 0.25) is 0 Å². The molecule has 0 aliphatic carbocycles. The van der Waals surface area contributed by atoms with Crippen molar-refractivity contribution in [3.8, 4) is 0 Å². The molecule has 0 saturated heterocycles. The summed E-state index contributed by atoms with van der Waals surface area (Å²) in [5.74, 6) is -0.181. The van der Waals surface area contributed by atoms with Gasteiger partial charge in [-0.05, 0) is 17.5 Å². The van der Waals surface area contributed by atoms with Gasteiger partial charge in [-0.15, -0.1) is 0 Å². The first kappa shape index (κ1) is 6.35. The van der Waals surface area contributed by atoms with Crippen molar-refractivity contribution in [1.29, 1.82) is 0 Å². The van der Waals surface area contributed by atoms with Gasteiger partial charge in [0.25, 0.3) is 0 Å². The number of hydrogen-bond donors (Lipinski definition) is 0. The van der Waals surface area contributed by atoms with Crippen LogP contribution in [0.25, 0.3) is 10.8 Å². The standard InChI is InChI=1S/C10H6F/c11-10-7-3-5-8-4-1-2-6-9(8)10/h1-3,5-7H. The number of fused-ring (bicyclic) bond motifs is 1. The number of hydrogen-bond acceptors (Lipinski definition) is 0. The first-order valence-corrected chi connectivity index (χ1v) is 3.43. The molecule has 0 amide bonds. The molecule has 0 aliphatic heterocycles. The summed E-state index contributed by atoms with van der Waals surface area (Å²) >= 11 is 0. The average molecular weight is 145 g/mol. The Morgan fingerprint density at radius 3 is 2.82 bits per heavy atom. The Morgan fingerprint density at radius 2 is 2.00 bits per heavy atom. The Hall–Kier alpha value is -1.37. The van der Waals surface area contributed by atoms with E-state index in [1.54, 1.807) is 24.3 Å². The lowest BCUT2D eigenvalue weighted by Crippen LogP contribution is -1.76. The van der Waals surface area contributed by atoms with Crippen LogP contribution in [0.15, 0.2) is 36.4 Å². The number of benzene rings is 2. The lowest BCUT2D eigenvalue weighted by Gasteiger charge is -1.95. The van der Waals surface area contributed by atoms with Gasteiger partial charge in [-0.25, -0.2) is 4.39 Å². The molecule has 0 unspecified atom stereocenters. The van der Waals surface area contributed by atoms with Gasteiger partial charge in [-0.3, -0.25) is 0 Å². The molecular formula is C10H6F. The minimum atomic E-state index is -0.181. The zero-order chi connectivity index (χ0) is 7.68. The summed E-state index contributed by atoms with van der Waals surface area (Å²) < 4.78 is 13.0. The first-order valence-electron chi connectivity index (χ1n) is 3.43. The second-order valence-corrected chi connectivity index (χ2v) is 2.37. The van der Waals surface area contributed by atoms with Crippen molar-refractivity contribution in [3.63, 3.8) is 0 Å². The van der Waals surface area contributed by atoms with Crippen molar-refractivity contribution in [2.75, 3.05) is 0 Å². The number of rotatable bonds is 0. The van der Waals surface area contributed by atoms with Crippen LogP contribution < -0.4 is 0 Å². The van der Waals surface area contributed by atoms with E-state index in [9.17, 15) is 4.39 Å². The normalized spacial score (nSPS) is 10.3. The van der Waals surface area contributed by atoms with E-state index in [0.29, 0.717) is 5.39 Å². The van der Waals surface area contributed by atoms with Crippen molar-refractivity contribution >= 4 is 10.8 Å². The van der Waals surface area contributed by atoms with Gasteiger partial charge in [0.2, 0.25) is 0 Å². The van der Waals surface area contributed by atoms with Crippen molar-refractivity contribution in [2.24, 2.45) is 0 Å². The molecule has 11 heavy (non-hydrogen) atoms. The van der Waals surface area contributed by atoms with E-state index in [0.717, 1.165) is 5.39 Å². The van der Waals surface area contributed by atoms with Gasteiger partial charge < -0.3 is 0 Å². The zero-order valence-electron chi connectivity index (χ0n) is 5.84. The topological polar surface area (TPSA) is 0 Å². The average Bonchev–Trinajstić information content (AvgIpc) is 2.06. The predicted molar refractivity (Wildman–Crippen MR) is 42.7 cm³/mol. The highest BCUT2D eigenvalue weighted by molar-refractivity contribution is 5.82. The largest absolute Gasteiger partial charge is 0.206 e. The molecule has 0 saturated carbocycles. The minimum absolute atomic E-state index is 0.181. The Morgan fingerprint density at radius 1 is 1.09 bits per heavy atom. The summed E-state index contributed by atoms with van der Waals surface area (Å²) in [5, 5.41) is 1.46. The maximum atomic E-state index is 13.0. The van der Waals surface area contributed by atoms with Crippen LogP contribution in [-0.4, -0.2) is 0 Å². The summed E-state index contributed by atoms with van der Waals surface area (Å²) in [6.07, 6.45) is 0. The highest BCUT2D eigenvalue weighted by atomic mass is 19.1. The van der Waals surface area contributed by atoms with E-state index in [1.165, 1.54) is 6.07 Å². The molecule has 0 atom stereocenters. The molecule has 2 aromatic carbocycles. The van der Waals surface area contributed by atoms with Gasteiger partial charge in [0.05, 0.1) is 0 Å². The van der Waals surface area contributed by atoms with Gasteiger partial charge in [-0.1, -0.05) is 30.3 Å². The fraction of sp³-hybridized carbons (Fsp3) is 0. The van der Waals surface area contributed by atoms with Crippen LogP contribution in [0.5, 0.6) is 0 Å². The fourth-order valence-corrected chi connectivity index (χ4v) is 1.11. The lowest BCUT2D eigenvalue weighted by molar-refractivity contribution is 0.640. The van der Waals surface area contributed by atoms with Crippen LogP contribution in [0.1, 0.15) is 0 Å². The Labute approximate surface area is 64.3 Å². The molecule has 1 radical (unpaired) electrons. The smallest absolute Gasteiger partial charge is 0.131 e. The van der Waals surface area contributed by atoms with Gasteiger partial charge in [0, 0.05) is 5.39 Å². The highest BCUT2D eigenvalue weighted by Gasteiger charge is 1.95. The van der Waals surface area contributed by atoms with Gasteiger partial charge >= 0.3 is 0 Å². The van der Waals surface area contributed by atoms with E-state index in [1.807, 2.05) is 6.07 Å². The Kier molecular flexibility index (Phi) is 1.35. The molecule has 1 heteroatoms. The van der Waals surface area contributed by atoms with Crippen molar-refractivity contribution in [1.82, 2.24) is 0 Å². The molecular weight excluding hydrogens is 139 g/mol. The molecule has 0 N–H and O–H groups in total. The Bertz CT molecular complexity index is 374. The fourth-order valence-electron chi connectivity index (χ4n) is 1.11. The summed E-state index contributed by atoms with van der Waals surface area (Å²) in [7, 11) is 0. The molecule has 0 aromatic heterocycles.